The molecule has 2 aromatic carbocycles. The van der Waals surface area contributed by atoms with Crippen LogP contribution in [0.1, 0.15) is 33.9 Å². The maximum atomic E-state index is 13.2. The van der Waals surface area contributed by atoms with E-state index in [1.54, 1.807) is 19.1 Å². The number of nitrogens with zero attached hydrogens (tertiary/aromatic N) is 5. The first-order valence-electron chi connectivity index (χ1n) is 21.4. The van der Waals surface area contributed by atoms with Crippen LogP contribution < -0.4 is 36.8 Å². The summed E-state index contributed by atoms with van der Waals surface area (Å²) in [7, 11) is 5.48. The monoisotopic (exact) mass is 1020 g/mol. The van der Waals surface area contributed by atoms with E-state index in [1.807, 2.05) is 74.1 Å². The second-order valence-corrected chi connectivity index (χ2v) is 19.4. The van der Waals surface area contributed by atoms with Gasteiger partial charge in [-0.05, 0) is 35.9 Å². The molecule has 2 aliphatic heterocycles. The quantitative estimate of drug-likeness (QED) is 0.0215. The van der Waals surface area contributed by atoms with Gasteiger partial charge in [-0.1, -0.05) is 6.07 Å². The molecule has 2 aromatic heterocycles. The molecule has 3 aliphatic rings. The summed E-state index contributed by atoms with van der Waals surface area (Å²) in [4.78, 5) is 75.2. The standard InChI is InChI=1S/C43H52BBrN9O13P/c1-23-21-63-68(44,60)64-22-33(39(65-23)54-36-35(49-41(54)45)38(56)51-42(46)50-36)67-43(59)48-13-15-62-17-16-61-14-12-47-37(55)24-6-9-27(30(18-24)40(57)58)34-28-10-7-25(52(2)3)19-31(28)66-32-20-26(53(4)5)8-11-29(32)34/h6-11,18-20,23,33,39,60,68H,12-17,21-22,44H2,1-5H3,(H5-,46,47,48,50,51,55,56,57,58,59)/p+1/t23-,33-,39+/m0/s1. The number of hydrogen-bond donors (Lipinski definition) is 6. The van der Waals surface area contributed by atoms with Crippen LogP contribution in [0.2, 0.25) is 0 Å². The molecule has 4 heterocycles. The van der Waals surface area contributed by atoms with Crippen molar-refractivity contribution in [3.05, 3.63) is 86.2 Å². The number of aromatic carboxylic acids is 1. The van der Waals surface area contributed by atoms with Crippen LogP contribution in [0, 0.1) is 0 Å². The molecule has 68 heavy (non-hydrogen) atoms. The zero-order valence-corrected chi connectivity index (χ0v) is 40.7. The molecular weight excluding hydrogens is 972 g/mol. The van der Waals surface area contributed by atoms with Crippen molar-refractivity contribution in [2.24, 2.45) is 0 Å². The number of nitrogen functional groups attached to an aromatic ring is 1. The van der Waals surface area contributed by atoms with Crippen LogP contribution in [0.25, 0.3) is 44.6 Å². The number of aromatic amines is 1. The van der Waals surface area contributed by atoms with E-state index in [1.165, 1.54) is 18.2 Å². The second-order valence-electron chi connectivity index (χ2n) is 16.3. The van der Waals surface area contributed by atoms with Crippen molar-refractivity contribution < 1.29 is 56.8 Å². The number of ether oxygens (including phenoxy) is 4. The molecule has 0 unspecified atom stereocenters. The van der Waals surface area contributed by atoms with Gasteiger partial charge >= 0.3 is 209 Å². The molecule has 4 aromatic rings. The van der Waals surface area contributed by atoms with E-state index in [2.05, 4.69) is 41.5 Å². The van der Waals surface area contributed by atoms with Crippen molar-refractivity contribution >= 4 is 83.1 Å². The normalized spacial score (nSPS) is 17.8. The first kappa shape index (κ1) is 49.9. The van der Waals surface area contributed by atoms with E-state index >= 15 is 0 Å². The molecule has 7 rings (SSSR count). The van der Waals surface area contributed by atoms with Crippen LogP contribution in [0.4, 0.5) is 16.4 Å². The third-order valence-electron chi connectivity index (χ3n) is 10.8. The number of nitrogens with two attached hydrogens (primary N) is 1. The first-order chi connectivity index (χ1) is 32.4. The summed E-state index contributed by atoms with van der Waals surface area (Å²) in [5.74, 6) is -1.26. The molecular formula is C43H53BBrN9O13P+. The molecule has 2 amide bonds. The van der Waals surface area contributed by atoms with Crippen LogP contribution in [-0.4, -0.2) is 148 Å². The number of H-pyrrole nitrogens is 1. The van der Waals surface area contributed by atoms with Crippen LogP contribution in [0.15, 0.2) is 68.5 Å². The van der Waals surface area contributed by atoms with E-state index in [4.69, 9.17) is 38.1 Å². The fraction of sp³-hybridized carbons (Fsp3) is 0.372. The van der Waals surface area contributed by atoms with Gasteiger partial charge in [0.05, 0.1) is 18.2 Å². The van der Waals surface area contributed by atoms with Crippen LogP contribution in [-0.2, 0) is 28.0 Å². The summed E-state index contributed by atoms with van der Waals surface area (Å²) < 4.78 is 44.3. The Kier molecular flexibility index (Phi) is 15.8. The summed E-state index contributed by atoms with van der Waals surface area (Å²) in [6.07, 6.45) is -3.87. The van der Waals surface area contributed by atoms with Crippen LogP contribution >= 0.6 is 23.8 Å². The Bertz CT molecular complexity index is 2940. The number of aromatic nitrogens is 4. The van der Waals surface area contributed by atoms with E-state index in [9.17, 15) is 29.2 Å². The fourth-order valence-electron chi connectivity index (χ4n) is 7.38. The number of imidazole rings is 1. The van der Waals surface area contributed by atoms with E-state index in [0.29, 0.717) is 22.5 Å². The molecule has 3 atom stereocenters. The number of fused-ring (bicyclic) bond motifs is 3. The minimum atomic E-state index is -3.65. The number of halogens is 1. The van der Waals surface area contributed by atoms with E-state index in [0.717, 1.165) is 22.0 Å². The Morgan fingerprint density at radius 1 is 1.00 bits per heavy atom. The molecule has 25 heteroatoms. The third kappa shape index (κ3) is 11.6. The van der Waals surface area contributed by atoms with Gasteiger partial charge < -0.3 is 19.7 Å². The van der Waals surface area contributed by atoms with Crippen molar-refractivity contribution in [1.29, 1.82) is 0 Å². The number of rotatable bonds is 15. The Hall–Kier alpha value is -5.98. The summed E-state index contributed by atoms with van der Waals surface area (Å²) in [6.45, 7) is 2.04. The van der Waals surface area contributed by atoms with Crippen molar-refractivity contribution in [2.75, 3.05) is 91.6 Å². The number of alkyl carbamates (subject to hydrolysis) is 1. The SMILES string of the molecule is B[PH]1(O)OC[C@H](OC(=O)NCCOCCOCCNC(=O)c2ccc(-c3c4ccc(=[N+](C)C)cc-4oc4cc(N(C)C)ccc34)c(C(=O)O)c2)[C@H](n2c(Br)nc3c(=O)[nH]c(N)nc32)O[C@@H](C)CO1. The zero-order valence-electron chi connectivity index (χ0n) is 38.2. The maximum absolute atomic E-state index is 13.2. The molecule has 22 nitrogen and oxygen atoms in total. The average molecular weight is 1030 g/mol. The summed E-state index contributed by atoms with van der Waals surface area (Å²) in [5.41, 5.74) is 8.68. The van der Waals surface area contributed by atoms with E-state index < -0.39 is 49.8 Å². The number of carboxylic acid groups (broad SMARTS) is 1. The predicted octanol–water partition coefficient (Wildman–Crippen LogP) is 2.32. The van der Waals surface area contributed by atoms with Crippen LogP contribution in [0.5, 0.6) is 0 Å². The number of amides is 2. The summed E-state index contributed by atoms with van der Waals surface area (Å²) in [5, 5.41) is 17.4. The average Bonchev–Trinajstić information content (AvgIpc) is 3.64. The Balaban J connectivity index is 0.904. The van der Waals surface area contributed by atoms with Gasteiger partial charge in [-0.3, -0.25) is 4.79 Å². The molecule has 7 N–H and O–H groups in total. The number of carbonyl (C=O) groups excluding carboxylic acids is 2. The van der Waals surface area contributed by atoms with Gasteiger partial charge in [-0.25, -0.2) is 9.37 Å². The Morgan fingerprint density at radius 2 is 1.71 bits per heavy atom. The number of nitrogens with one attached hydrogen (secondary N) is 3. The molecule has 0 spiro atoms. The fourth-order valence-corrected chi connectivity index (χ4v) is 9.02. The summed E-state index contributed by atoms with van der Waals surface area (Å²) >= 11 is 3.34. The topological polar surface area (TPSA) is 280 Å². The van der Waals surface area contributed by atoms with Gasteiger partial charge in [0.25, 0.3) is 5.91 Å². The Morgan fingerprint density at radius 3 is 2.41 bits per heavy atom. The zero-order chi connectivity index (χ0) is 48.9. The molecule has 362 valence electrons. The van der Waals surface area contributed by atoms with Gasteiger partial charge in [0.1, 0.15) is 25.4 Å². The number of anilines is 2. The van der Waals surface area contributed by atoms with Gasteiger partial charge in [0.2, 0.25) is 5.36 Å². The molecule has 1 saturated heterocycles. The number of carboxylic acids is 1. The molecule has 0 saturated carbocycles. The van der Waals surface area contributed by atoms with Crippen molar-refractivity contribution in [2.45, 2.75) is 25.4 Å². The predicted molar refractivity (Wildman–Crippen MR) is 260 cm³/mol. The van der Waals surface area contributed by atoms with Crippen molar-refractivity contribution in [3.8, 4) is 22.5 Å². The van der Waals surface area contributed by atoms with Gasteiger partial charge in [-0.15, -0.1) is 0 Å². The van der Waals surface area contributed by atoms with Gasteiger partial charge in [0, 0.05) is 60.5 Å². The minimum absolute atomic E-state index is 0.0437. The number of benzene rings is 3. The number of carbonyl (C=O) groups is 3. The molecule has 1 aliphatic carbocycles. The molecule has 0 radical (unpaired) electrons. The molecule has 0 bridgehead atoms. The van der Waals surface area contributed by atoms with Crippen molar-refractivity contribution in [1.82, 2.24) is 34.7 Å². The summed E-state index contributed by atoms with van der Waals surface area (Å²) in [6, 6.07) is 16.1. The van der Waals surface area contributed by atoms with Gasteiger partial charge in [0.15, 0.2) is 0 Å². The number of hydrogen-bond acceptors (Lipinski definition) is 16. The van der Waals surface area contributed by atoms with Gasteiger partial charge in [-0.2, -0.15) is 0 Å². The van der Waals surface area contributed by atoms with Crippen LogP contribution in [0.3, 0.4) is 0 Å². The first-order valence-corrected chi connectivity index (χ1v) is 24.5. The molecule has 1 fully saturated rings. The van der Waals surface area contributed by atoms with Crippen molar-refractivity contribution in [3.63, 3.8) is 0 Å². The third-order valence-corrected chi connectivity index (χ3v) is 12.7. The second kappa shape index (κ2) is 21.5. The Labute approximate surface area is 398 Å². The van der Waals surface area contributed by atoms with E-state index in [-0.39, 0.29) is 85.7 Å².